The highest BCUT2D eigenvalue weighted by Crippen LogP contribution is 2.18. The Morgan fingerprint density at radius 1 is 1.21 bits per heavy atom. The van der Waals surface area contributed by atoms with Gasteiger partial charge in [-0.05, 0) is 37.1 Å². The molecule has 0 radical (unpaired) electrons. The van der Waals surface area contributed by atoms with Crippen LogP contribution in [0.1, 0.15) is 16.7 Å². The molecule has 3 nitrogen and oxygen atoms in total. The molecule has 2 rings (SSSR count). The largest absolute Gasteiger partial charge is 0.484 e. The number of amides is 1. The van der Waals surface area contributed by atoms with Gasteiger partial charge in [0, 0.05) is 18.1 Å². The summed E-state index contributed by atoms with van der Waals surface area (Å²) in [6.07, 6.45) is 0. The molecule has 0 atom stereocenters. The third-order valence-corrected chi connectivity index (χ3v) is 4.48. The molecule has 2 aromatic rings. The quantitative estimate of drug-likeness (QED) is 0.737. The second-order valence-corrected chi connectivity index (χ2v) is 6.66. The van der Waals surface area contributed by atoms with Crippen molar-refractivity contribution in [2.45, 2.75) is 19.6 Å². The molecule has 0 heterocycles. The molecule has 0 aromatic heterocycles. The van der Waals surface area contributed by atoms with Crippen molar-refractivity contribution in [3.8, 4) is 5.75 Å². The van der Waals surface area contributed by atoms with Crippen molar-refractivity contribution in [2.75, 3.05) is 18.9 Å². The number of ether oxygens (including phenoxy) is 1. The van der Waals surface area contributed by atoms with Crippen LogP contribution in [0, 0.1) is 19.7 Å². The molecule has 128 valence electrons. The van der Waals surface area contributed by atoms with Crippen LogP contribution in [0.15, 0.2) is 42.5 Å². The van der Waals surface area contributed by atoms with Gasteiger partial charge >= 0.3 is 0 Å². The third kappa shape index (κ3) is 5.89. The molecule has 0 unspecified atom stereocenters. The molecular weight excluding hydrogens is 325 g/mol. The van der Waals surface area contributed by atoms with Gasteiger partial charge in [-0.1, -0.05) is 35.9 Å². The predicted octanol–water partition coefficient (Wildman–Crippen LogP) is 3.87. The lowest BCUT2D eigenvalue weighted by Gasteiger charge is -2.10. The van der Waals surface area contributed by atoms with Crippen LogP contribution in [0.4, 0.5) is 4.39 Å². The summed E-state index contributed by atoms with van der Waals surface area (Å²) in [6, 6.07) is 12.6. The fourth-order valence-corrected chi connectivity index (χ4v) is 3.06. The van der Waals surface area contributed by atoms with E-state index in [1.807, 2.05) is 38.1 Å². The first-order valence-corrected chi connectivity index (χ1v) is 8.99. The number of halogens is 1. The van der Waals surface area contributed by atoms with Gasteiger partial charge in [0.2, 0.25) is 0 Å². The van der Waals surface area contributed by atoms with Gasteiger partial charge in [-0.25, -0.2) is 4.39 Å². The van der Waals surface area contributed by atoms with Gasteiger partial charge in [-0.15, -0.1) is 0 Å². The summed E-state index contributed by atoms with van der Waals surface area (Å²) in [5.74, 6) is 1.72. The SMILES string of the molecule is Cc1ccc(OCC(=O)NCCSCc2ccccc2F)c(C)c1. The summed E-state index contributed by atoms with van der Waals surface area (Å²) in [6.45, 7) is 4.51. The van der Waals surface area contributed by atoms with Crippen LogP contribution in [0.5, 0.6) is 5.75 Å². The van der Waals surface area contributed by atoms with Gasteiger partial charge in [-0.3, -0.25) is 4.79 Å². The fourth-order valence-electron chi connectivity index (χ4n) is 2.22. The van der Waals surface area contributed by atoms with Crippen molar-refractivity contribution in [2.24, 2.45) is 0 Å². The minimum absolute atomic E-state index is 0.00187. The highest BCUT2D eigenvalue weighted by molar-refractivity contribution is 7.98. The summed E-state index contributed by atoms with van der Waals surface area (Å²) >= 11 is 1.59. The first kappa shape index (κ1) is 18.3. The summed E-state index contributed by atoms with van der Waals surface area (Å²) in [7, 11) is 0. The highest BCUT2D eigenvalue weighted by Gasteiger charge is 2.05. The first-order chi connectivity index (χ1) is 11.6. The van der Waals surface area contributed by atoms with E-state index in [0.29, 0.717) is 17.9 Å². The monoisotopic (exact) mass is 347 g/mol. The van der Waals surface area contributed by atoms with Crippen molar-refractivity contribution >= 4 is 17.7 Å². The number of aryl methyl sites for hydroxylation is 2. The maximum Gasteiger partial charge on any atom is 0.257 e. The van der Waals surface area contributed by atoms with E-state index >= 15 is 0 Å². The molecule has 0 spiro atoms. The zero-order chi connectivity index (χ0) is 17.4. The average molecular weight is 347 g/mol. The van der Waals surface area contributed by atoms with E-state index in [-0.39, 0.29) is 18.3 Å². The number of thioether (sulfide) groups is 1. The number of nitrogens with one attached hydrogen (secondary N) is 1. The lowest BCUT2D eigenvalue weighted by Crippen LogP contribution is -2.30. The molecule has 24 heavy (non-hydrogen) atoms. The molecule has 0 aliphatic carbocycles. The predicted molar refractivity (Wildman–Crippen MR) is 97.0 cm³/mol. The Balaban J connectivity index is 1.62. The molecule has 0 aliphatic heterocycles. The number of carbonyl (C=O) groups excluding carboxylic acids is 1. The Bertz CT molecular complexity index is 691. The molecule has 0 aliphatic rings. The number of carbonyl (C=O) groups is 1. The second-order valence-electron chi connectivity index (χ2n) is 5.55. The topological polar surface area (TPSA) is 38.3 Å². The first-order valence-electron chi connectivity index (χ1n) is 7.84. The van der Waals surface area contributed by atoms with Gasteiger partial charge in [0.15, 0.2) is 6.61 Å². The fraction of sp³-hybridized carbons (Fsp3) is 0.316. The third-order valence-electron chi connectivity index (χ3n) is 3.47. The van der Waals surface area contributed by atoms with E-state index in [4.69, 9.17) is 4.74 Å². The van der Waals surface area contributed by atoms with Gasteiger partial charge in [0.05, 0.1) is 0 Å². The van der Waals surface area contributed by atoms with Crippen LogP contribution in [0.2, 0.25) is 0 Å². The van der Waals surface area contributed by atoms with Crippen LogP contribution in [0.3, 0.4) is 0 Å². The van der Waals surface area contributed by atoms with Crippen molar-refractivity contribution < 1.29 is 13.9 Å². The molecule has 0 saturated heterocycles. The molecule has 2 aromatic carbocycles. The molecule has 1 N–H and O–H groups in total. The van der Waals surface area contributed by atoms with Crippen LogP contribution in [-0.2, 0) is 10.5 Å². The number of benzene rings is 2. The summed E-state index contributed by atoms with van der Waals surface area (Å²) in [5.41, 5.74) is 2.87. The summed E-state index contributed by atoms with van der Waals surface area (Å²) < 4.78 is 19.0. The van der Waals surface area contributed by atoms with Crippen LogP contribution in [-0.4, -0.2) is 24.8 Å². The van der Waals surface area contributed by atoms with Gasteiger partial charge in [-0.2, -0.15) is 11.8 Å². The normalized spacial score (nSPS) is 10.5. The Morgan fingerprint density at radius 3 is 2.75 bits per heavy atom. The zero-order valence-electron chi connectivity index (χ0n) is 14.0. The van der Waals surface area contributed by atoms with E-state index < -0.39 is 0 Å². The summed E-state index contributed by atoms with van der Waals surface area (Å²) in [5, 5.41) is 2.81. The lowest BCUT2D eigenvalue weighted by atomic mass is 10.1. The molecular formula is C19H22FNO2S. The van der Waals surface area contributed by atoms with Crippen molar-refractivity contribution in [3.05, 3.63) is 65.0 Å². The Hall–Kier alpha value is -2.01. The van der Waals surface area contributed by atoms with Crippen LogP contribution in [0.25, 0.3) is 0 Å². The van der Waals surface area contributed by atoms with Gasteiger partial charge in [0.1, 0.15) is 11.6 Å². The smallest absolute Gasteiger partial charge is 0.257 e. The van der Waals surface area contributed by atoms with Gasteiger partial charge < -0.3 is 10.1 Å². The van der Waals surface area contributed by atoms with E-state index in [1.165, 1.54) is 6.07 Å². The lowest BCUT2D eigenvalue weighted by molar-refractivity contribution is -0.122. The second kappa shape index (κ2) is 9.33. The molecule has 5 heteroatoms. The average Bonchev–Trinajstić information content (AvgIpc) is 2.55. The molecule has 1 amide bonds. The molecule has 0 bridgehead atoms. The van der Waals surface area contributed by atoms with Crippen molar-refractivity contribution in [1.29, 1.82) is 0 Å². The minimum Gasteiger partial charge on any atom is -0.484 e. The zero-order valence-corrected chi connectivity index (χ0v) is 14.8. The highest BCUT2D eigenvalue weighted by atomic mass is 32.2. The van der Waals surface area contributed by atoms with Gasteiger partial charge in [0.25, 0.3) is 5.91 Å². The molecule has 0 saturated carbocycles. The molecule has 0 fully saturated rings. The van der Waals surface area contributed by atoms with E-state index in [9.17, 15) is 9.18 Å². The number of hydrogen-bond acceptors (Lipinski definition) is 3. The standard InChI is InChI=1S/C19H22FNO2S/c1-14-7-8-18(15(2)11-14)23-12-19(22)21-9-10-24-13-16-5-3-4-6-17(16)20/h3-8,11H,9-10,12-13H2,1-2H3,(H,21,22). The Kier molecular flexibility index (Phi) is 7.12. The van der Waals surface area contributed by atoms with Crippen molar-refractivity contribution in [1.82, 2.24) is 5.32 Å². The van der Waals surface area contributed by atoms with Crippen LogP contribution >= 0.6 is 11.8 Å². The van der Waals surface area contributed by atoms with E-state index in [0.717, 1.165) is 22.6 Å². The Morgan fingerprint density at radius 2 is 2.00 bits per heavy atom. The van der Waals surface area contributed by atoms with Crippen LogP contribution < -0.4 is 10.1 Å². The Labute approximate surface area is 146 Å². The maximum absolute atomic E-state index is 13.4. The number of hydrogen-bond donors (Lipinski definition) is 1. The van der Waals surface area contributed by atoms with E-state index in [2.05, 4.69) is 5.32 Å². The summed E-state index contributed by atoms with van der Waals surface area (Å²) in [4.78, 5) is 11.8. The number of rotatable bonds is 8. The van der Waals surface area contributed by atoms with E-state index in [1.54, 1.807) is 23.9 Å². The van der Waals surface area contributed by atoms with Crippen molar-refractivity contribution in [3.63, 3.8) is 0 Å². The minimum atomic E-state index is -0.184. The maximum atomic E-state index is 13.4.